The first-order valence-electron chi connectivity index (χ1n) is 9.78. The SMILES string of the molecule is O=C(NCC1CC(=O)N(C2CC2)C1)N1CCN(C(=O)c2ccccc2)CC1. The third-order valence-electron chi connectivity index (χ3n) is 5.64. The van der Waals surface area contributed by atoms with Crippen molar-refractivity contribution >= 4 is 17.8 Å². The Kier molecular flexibility index (Phi) is 5.01. The summed E-state index contributed by atoms with van der Waals surface area (Å²) in [6.07, 6.45) is 2.78. The predicted octanol–water partition coefficient (Wildman–Crippen LogP) is 1.16. The first-order chi connectivity index (χ1) is 13.1. The van der Waals surface area contributed by atoms with Gasteiger partial charge in [-0.1, -0.05) is 18.2 Å². The lowest BCUT2D eigenvalue weighted by Crippen LogP contribution is -2.53. The van der Waals surface area contributed by atoms with Gasteiger partial charge in [0.25, 0.3) is 5.91 Å². The fourth-order valence-electron chi connectivity index (χ4n) is 3.90. The number of piperazine rings is 1. The number of benzene rings is 1. The van der Waals surface area contributed by atoms with E-state index in [2.05, 4.69) is 5.32 Å². The van der Waals surface area contributed by atoms with E-state index in [0.717, 1.165) is 19.4 Å². The van der Waals surface area contributed by atoms with E-state index in [0.29, 0.717) is 50.7 Å². The number of carbonyl (C=O) groups is 3. The summed E-state index contributed by atoms with van der Waals surface area (Å²) in [5.41, 5.74) is 0.682. The highest BCUT2D eigenvalue weighted by Gasteiger charge is 2.39. The highest BCUT2D eigenvalue weighted by atomic mass is 16.2. The van der Waals surface area contributed by atoms with Crippen molar-refractivity contribution in [2.75, 3.05) is 39.3 Å². The molecule has 3 fully saturated rings. The summed E-state index contributed by atoms with van der Waals surface area (Å²) in [6, 6.07) is 9.59. The third kappa shape index (κ3) is 4.07. The van der Waals surface area contributed by atoms with E-state index in [-0.39, 0.29) is 23.8 Å². The second-order valence-corrected chi connectivity index (χ2v) is 7.68. The molecule has 1 atom stereocenters. The molecule has 1 aromatic carbocycles. The molecular formula is C20H26N4O3. The van der Waals surface area contributed by atoms with E-state index in [1.165, 1.54) is 0 Å². The van der Waals surface area contributed by atoms with Gasteiger partial charge in [-0.05, 0) is 25.0 Å². The molecule has 1 saturated carbocycles. The number of carbonyl (C=O) groups excluding carboxylic acids is 3. The first kappa shape index (κ1) is 17.8. The molecule has 1 N–H and O–H groups in total. The van der Waals surface area contributed by atoms with Gasteiger partial charge in [0.05, 0.1) is 0 Å². The summed E-state index contributed by atoms with van der Waals surface area (Å²) in [6.45, 7) is 3.45. The van der Waals surface area contributed by atoms with Crippen LogP contribution in [0.2, 0.25) is 0 Å². The number of nitrogens with one attached hydrogen (secondary N) is 1. The molecule has 144 valence electrons. The Balaban J connectivity index is 1.21. The molecule has 1 aliphatic carbocycles. The Morgan fingerprint density at radius 1 is 1.00 bits per heavy atom. The molecule has 0 spiro atoms. The minimum absolute atomic E-state index is 0.0142. The Morgan fingerprint density at radius 2 is 1.67 bits per heavy atom. The maximum atomic E-state index is 12.5. The van der Waals surface area contributed by atoms with Crippen LogP contribution in [0.25, 0.3) is 0 Å². The summed E-state index contributed by atoms with van der Waals surface area (Å²) < 4.78 is 0. The number of likely N-dealkylation sites (tertiary alicyclic amines) is 1. The van der Waals surface area contributed by atoms with Crippen molar-refractivity contribution in [3.05, 3.63) is 35.9 Å². The molecule has 2 heterocycles. The molecule has 1 aromatic rings. The molecule has 2 saturated heterocycles. The molecular weight excluding hydrogens is 344 g/mol. The maximum absolute atomic E-state index is 12.5. The van der Waals surface area contributed by atoms with E-state index in [9.17, 15) is 14.4 Å². The van der Waals surface area contributed by atoms with Crippen LogP contribution in [-0.2, 0) is 4.79 Å². The molecule has 7 nitrogen and oxygen atoms in total. The molecule has 0 aromatic heterocycles. The van der Waals surface area contributed by atoms with E-state index in [1.807, 2.05) is 35.2 Å². The predicted molar refractivity (Wildman–Crippen MR) is 100 cm³/mol. The van der Waals surface area contributed by atoms with Crippen LogP contribution in [0.5, 0.6) is 0 Å². The van der Waals surface area contributed by atoms with Crippen LogP contribution < -0.4 is 5.32 Å². The number of hydrogen-bond donors (Lipinski definition) is 1. The van der Waals surface area contributed by atoms with Gasteiger partial charge in [0.1, 0.15) is 0 Å². The summed E-state index contributed by atoms with van der Waals surface area (Å²) in [5.74, 6) is 0.452. The van der Waals surface area contributed by atoms with Crippen LogP contribution in [0, 0.1) is 5.92 Å². The largest absolute Gasteiger partial charge is 0.339 e. The van der Waals surface area contributed by atoms with Crippen molar-refractivity contribution < 1.29 is 14.4 Å². The quantitative estimate of drug-likeness (QED) is 0.865. The molecule has 0 bridgehead atoms. The fraction of sp³-hybridized carbons (Fsp3) is 0.550. The minimum atomic E-state index is -0.0980. The average Bonchev–Trinajstić information content (AvgIpc) is 3.48. The van der Waals surface area contributed by atoms with Crippen molar-refractivity contribution in [2.24, 2.45) is 5.92 Å². The van der Waals surface area contributed by atoms with E-state index < -0.39 is 0 Å². The van der Waals surface area contributed by atoms with Crippen LogP contribution in [0.15, 0.2) is 30.3 Å². The molecule has 4 rings (SSSR count). The lowest BCUT2D eigenvalue weighted by Gasteiger charge is -2.35. The van der Waals surface area contributed by atoms with Gasteiger partial charge in [-0.2, -0.15) is 0 Å². The van der Waals surface area contributed by atoms with Gasteiger partial charge in [-0.3, -0.25) is 9.59 Å². The Hall–Kier alpha value is -2.57. The van der Waals surface area contributed by atoms with Gasteiger partial charge < -0.3 is 20.0 Å². The third-order valence-corrected chi connectivity index (χ3v) is 5.64. The van der Waals surface area contributed by atoms with Crippen molar-refractivity contribution in [3.8, 4) is 0 Å². The summed E-state index contributed by atoms with van der Waals surface area (Å²) in [4.78, 5) is 42.4. The van der Waals surface area contributed by atoms with Gasteiger partial charge in [0, 0.05) is 63.2 Å². The zero-order valence-corrected chi connectivity index (χ0v) is 15.5. The lowest BCUT2D eigenvalue weighted by atomic mass is 10.1. The monoisotopic (exact) mass is 370 g/mol. The second-order valence-electron chi connectivity index (χ2n) is 7.68. The topological polar surface area (TPSA) is 73.0 Å². The van der Waals surface area contributed by atoms with Gasteiger partial charge >= 0.3 is 6.03 Å². The smallest absolute Gasteiger partial charge is 0.317 e. The van der Waals surface area contributed by atoms with E-state index >= 15 is 0 Å². The van der Waals surface area contributed by atoms with Crippen LogP contribution in [0.4, 0.5) is 4.79 Å². The van der Waals surface area contributed by atoms with Crippen LogP contribution in [0.1, 0.15) is 29.6 Å². The first-order valence-corrected chi connectivity index (χ1v) is 9.78. The van der Waals surface area contributed by atoms with Gasteiger partial charge in [0.2, 0.25) is 5.91 Å². The lowest BCUT2D eigenvalue weighted by molar-refractivity contribution is -0.128. The van der Waals surface area contributed by atoms with Crippen molar-refractivity contribution in [2.45, 2.75) is 25.3 Å². The Morgan fingerprint density at radius 3 is 2.33 bits per heavy atom. The molecule has 7 heteroatoms. The van der Waals surface area contributed by atoms with Crippen LogP contribution in [0.3, 0.4) is 0 Å². The Labute approximate surface area is 159 Å². The van der Waals surface area contributed by atoms with Crippen molar-refractivity contribution in [1.29, 1.82) is 0 Å². The normalized spacial score (nSPS) is 22.9. The second kappa shape index (κ2) is 7.58. The summed E-state index contributed by atoms with van der Waals surface area (Å²) >= 11 is 0. The minimum Gasteiger partial charge on any atom is -0.339 e. The standard InChI is InChI=1S/C20H26N4O3/c25-18-12-15(14-24(18)17-6-7-17)13-21-20(27)23-10-8-22(9-11-23)19(26)16-4-2-1-3-5-16/h1-5,15,17H,6-14H2,(H,21,27). The molecule has 4 amide bonds. The van der Waals surface area contributed by atoms with Crippen molar-refractivity contribution in [3.63, 3.8) is 0 Å². The summed E-state index contributed by atoms with van der Waals surface area (Å²) in [5, 5.41) is 2.98. The van der Waals surface area contributed by atoms with Gasteiger partial charge in [-0.25, -0.2) is 4.79 Å². The highest BCUT2D eigenvalue weighted by Crippen LogP contribution is 2.32. The number of rotatable bonds is 4. The Bertz CT molecular complexity index is 711. The zero-order chi connectivity index (χ0) is 18.8. The zero-order valence-electron chi connectivity index (χ0n) is 15.5. The fourth-order valence-corrected chi connectivity index (χ4v) is 3.90. The molecule has 0 radical (unpaired) electrons. The number of nitrogens with zero attached hydrogens (tertiary/aromatic N) is 3. The van der Waals surface area contributed by atoms with Crippen LogP contribution in [-0.4, -0.2) is 77.9 Å². The molecule has 3 aliphatic rings. The number of hydrogen-bond acceptors (Lipinski definition) is 3. The molecule has 1 unspecified atom stereocenters. The summed E-state index contributed by atoms with van der Waals surface area (Å²) in [7, 11) is 0. The number of amides is 4. The molecule has 2 aliphatic heterocycles. The van der Waals surface area contributed by atoms with Crippen molar-refractivity contribution in [1.82, 2.24) is 20.0 Å². The highest BCUT2D eigenvalue weighted by molar-refractivity contribution is 5.94. The van der Waals surface area contributed by atoms with E-state index in [4.69, 9.17) is 0 Å². The molecule has 27 heavy (non-hydrogen) atoms. The van der Waals surface area contributed by atoms with Crippen LogP contribution >= 0.6 is 0 Å². The average molecular weight is 370 g/mol. The maximum Gasteiger partial charge on any atom is 0.317 e. The van der Waals surface area contributed by atoms with Gasteiger partial charge in [-0.15, -0.1) is 0 Å². The number of urea groups is 1. The van der Waals surface area contributed by atoms with E-state index in [1.54, 1.807) is 9.80 Å². The van der Waals surface area contributed by atoms with Gasteiger partial charge in [0.15, 0.2) is 0 Å².